The topological polar surface area (TPSA) is 73.8 Å². The number of nitrogens with one attached hydrogen (secondary N) is 1. The zero-order valence-corrected chi connectivity index (χ0v) is 26.0. The lowest BCUT2D eigenvalue weighted by Crippen LogP contribution is -2.46. The SMILES string of the molecule is CCN1CCN(CCCNc2ncc(Cl)c(-c3cc4ccc(C(=O)N5CCOCC5)cc4s3)n2)CC1.Cl.Cl.Cl. The number of anilines is 1. The summed E-state index contributed by atoms with van der Waals surface area (Å²) in [6, 6.07) is 7.94. The van der Waals surface area contributed by atoms with Crippen LogP contribution in [-0.4, -0.2) is 103 Å². The number of benzene rings is 1. The molecule has 0 bridgehead atoms. The van der Waals surface area contributed by atoms with E-state index in [0.29, 0.717) is 48.5 Å². The molecule has 1 N–H and O–H groups in total. The van der Waals surface area contributed by atoms with E-state index in [2.05, 4.69) is 33.1 Å². The number of ether oxygens (including phenoxy) is 1. The van der Waals surface area contributed by atoms with Crippen LogP contribution in [0.2, 0.25) is 5.02 Å². The maximum Gasteiger partial charge on any atom is 0.254 e. The second kappa shape index (κ2) is 16.1. The summed E-state index contributed by atoms with van der Waals surface area (Å²) in [6.07, 6.45) is 2.70. The molecule has 13 heteroatoms. The molecule has 39 heavy (non-hydrogen) atoms. The number of rotatable bonds is 8. The minimum absolute atomic E-state index is 0. The standard InChI is InChI=1S/C26H33ClN6O2S.3ClH/c1-2-31-8-10-32(11-9-31)7-3-6-28-26-29-18-21(27)24(30-26)23-16-19-4-5-20(17-22(19)36-23)25(34)33-12-14-35-15-13-33;;;/h4-5,16-18H,2-3,6-15H2,1H3,(H,28,29,30);3*1H. The second-order valence-corrected chi connectivity index (χ2v) is 10.7. The van der Waals surface area contributed by atoms with E-state index >= 15 is 0 Å². The number of fused-ring (bicyclic) bond motifs is 1. The summed E-state index contributed by atoms with van der Waals surface area (Å²) in [5.41, 5.74) is 1.41. The fraction of sp³-hybridized carbons (Fsp3) is 0.500. The predicted octanol–water partition coefficient (Wildman–Crippen LogP) is 5.19. The van der Waals surface area contributed by atoms with Gasteiger partial charge in [-0.25, -0.2) is 9.97 Å². The number of hydrogen-bond donors (Lipinski definition) is 1. The summed E-state index contributed by atoms with van der Waals surface area (Å²) < 4.78 is 6.41. The number of morpholine rings is 1. The van der Waals surface area contributed by atoms with E-state index in [1.807, 2.05) is 23.1 Å². The smallest absolute Gasteiger partial charge is 0.254 e. The molecule has 0 atom stereocenters. The zero-order chi connectivity index (χ0) is 24.9. The highest BCUT2D eigenvalue weighted by Crippen LogP contribution is 2.36. The lowest BCUT2D eigenvalue weighted by molar-refractivity contribution is 0.0303. The van der Waals surface area contributed by atoms with E-state index in [-0.39, 0.29) is 43.1 Å². The quantitative estimate of drug-likeness (QED) is 0.341. The molecule has 4 heterocycles. The normalized spacial score (nSPS) is 16.2. The van der Waals surface area contributed by atoms with Crippen LogP contribution in [0.25, 0.3) is 20.7 Å². The largest absolute Gasteiger partial charge is 0.378 e. The molecule has 2 saturated heterocycles. The molecular weight excluding hydrogens is 602 g/mol. The van der Waals surface area contributed by atoms with Crippen molar-refractivity contribution in [3.8, 4) is 10.6 Å². The predicted molar refractivity (Wildman–Crippen MR) is 168 cm³/mol. The van der Waals surface area contributed by atoms with Gasteiger partial charge in [0.25, 0.3) is 5.91 Å². The Morgan fingerprint density at radius 3 is 2.49 bits per heavy atom. The first kappa shape index (κ1) is 33.8. The van der Waals surface area contributed by atoms with Gasteiger partial charge in [0.1, 0.15) is 5.69 Å². The Kier molecular flexibility index (Phi) is 14.0. The lowest BCUT2D eigenvalue weighted by Gasteiger charge is -2.33. The Morgan fingerprint density at radius 2 is 1.77 bits per heavy atom. The van der Waals surface area contributed by atoms with Crippen molar-refractivity contribution in [3.63, 3.8) is 0 Å². The summed E-state index contributed by atoms with van der Waals surface area (Å²) in [5.74, 6) is 0.639. The van der Waals surface area contributed by atoms with Gasteiger partial charge in [0.15, 0.2) is 0 Å². The van der Waals surface area contributed by atoms with E-state index in [1.54, 1.807) is 17.5 Å². The molecule has 5 rings (SSSR count). The molecular formula is C26H36Cl4N6O2S. The molecule has 2 aliphatic heterocycles. The minimum Gasteiger partial charge on any atom is -0.378 e. The van der Waals surface area contributed by atoms with Crippen molar-refractivity contribution in [3.05, 3.63) is 41.0 Å². The Morgan fingerprint density at radius 1 is 1.05 bits per heavy atom. The molecule has 3 aromatic rings. The van der Waals surface area contributed by atoms with Crippen LogP contribution in [0.1, 0.15) is 23.7 Å². The number of hydrogen-bond acceptors (Lipinski definition) is 8. The van der Waals surface area contributed by atoms with Gasteiger partial charge in [0.05, 0.1) is 29.3 Å². The van der Waals surface area contributed by atoms with Crippen molar-refractivity contribution in [1.82, 2.24) is 24.7 Å². The van der Waals surface area contributed by atoms with Crippen molar-refractivity contribution < 1.29 is 9.53 Å². The molecule has 0 unspecified atom stereocenters. The molecule has 2 aromatic heterocycles. The van der Waals surface area contributed by atoms with E-state index < -0.39 is 0 Å². The third-order valence-corrected chi connectivity index (χ3v) is 8.27. The average molecular weight is 638 g/mol. The van der Waals surface area contributed by atoms with Crippen molar-refractivity contribution in [2.45, 2.75) is 13.3 Å². The Labute approximate surface area is 257 Å². The molecule has 1 aromatic carbocycles. The fourth-order valence-electron chi connectivity index (χ4n) is 4.69. The van der Waals surface area contributed by atoms with E-state index in [1.165, 1.54) is 0 Å². The van der Waals surface area contributed by atoms with Crippen LogP contribution in [0.15, 0.2) is 30.5 Å². The van der Waals surface area contributed by atoms with E-state index in [0.717, 1.165) is 67.2 Å². The van der Waals surface area contributed by atoms with E-state index in [9.17, 15) is 4.79 Å². The molecule has 0 spiro atoms. The van der Waals surface area contributed by atoms with Crippen molar-refractivity contribution in [2.24, 2.45) is 0 Å². The van der Waals surface area contributed by atoms with Crippen molar-refractivity contribution in [2.75, 3.05) is 77.4 Å². The zero-order valence-electron chi connectivity index (χ0n) is 21.9. The van der Waals surface area contributed by atoms with Crippen LogP contribution in [0.3, 0.4) is 0 Å². The van der Waals surface area contributed by atoms with Gasteiger partial charge in [-0.05, 0) is 43.1 Å². The van der Waals surface area contributed by atoms with Crippen LogP contribution in [-0.2, 0) is 4.74 Å². The highest BCUT2D eigenvalue weighted by molar-refractivity contribution is 7.22. The molecule has 2 fully saturated rings. The molecule has 8 nitrogen and oxygen atoms in total. The average Bonchev–Trinajstić information content (AvgIpc) is 3.35. The number of aromatic nitrogens is 2. The van der Waals surface area contributed by atoms with Crippen molar-refractivity contribution >= 4 is 82.1 Å². The van der Waals surface area contributed by atoms with Gasteiger partial charge in [0.2, 0.25) is 5.95 Å². The Bertz CT molecular complexity index is 1200. The minimum atomic E-state index is 0. The molecule has 0 radical (unpaired) electrons. The number of piperazine rings is 1. The third-order valence-electron chi connectivity index (χ3n) is 6.89. The number of nitrogens with zero attached hydrogens (tertiary/aromatic N) is 5. The number of amides is 1. The van der Waals surface area contributed by atoms with Gasteiger partial charge in [-0.1, -0.05) is 24.6 Å². The number of halogens is 4. The monoisotopic (exact) mass is 636 g/mol. The lowest BCUT2D eigenvalue weighted by atomic mass is 10.1. The molecule has 0 aliphatic carbocycles. The summed E-state index contributed by atoms with van der Waals surface area (Å²) in [5, 5.41) is 4.95. The van der Waals surface area contributed by atoms with Crippen LogP contribution in [0, 0.1) is 0 Å². The highest BCUT2D eigenvalue weighted by Gasteiger charge is 2.20. The van der Waals surface area contributed by atoms with Gasteiger partial charge in [-0.2, -0.15) is 0 Å². The maximum absolute atomic E-state index is 12.9. The van der Waals surface area contributed by atoms with E-state index in [4.69, 9.17) is 21.3 Å². The Balaban J connectivity index is 0.00000178. The Hall–Kier alpha value is -1.43. The number of carbonyl (C=O) groups excluding carboxylic acids is 1. The third kappa shape index (κ3) is 8.53. The molecule has 2 aliphatic rings. The van der Waals surface area contributed by atoms with Gasteiger partial charge in [-0.3, -0.25) is 4.79 Å². The molecule has 216 valence electrons. The second-order valence-electron chi connectivity index (χ2n) is 9.21. The van der Waals surface area contributed by atoms with Crippen LogP contribution in [0.4, 0.5) is 5.95 Å². The van der Waals surface area contributed by atoms with Gasteiger partial charge in [-0.15, -0.1) is 48.6 Å². The van der Waals surface area contributed by atoms with Crippen molar-refractivity contribution in [1.29, 1.82) is 0 Å². The first-order valence-corrected chi connectivity index (χ1v) is 13.9. The first-order valence-electron chi connectivity index (χ1n) is 12.7. The van der Waals surface area contributed by atoms with Crippen LogP contribution < -0.4 is 5.32 Å². The number of likely N-dealkylation sites (N-methyl/N-ethyl adjacent to an activating group) is 1. The molecule has 0 saturated carbocycles. The number of thiophene rings is 1. The maximum atomic E-state index is 12.9. The summed E-state index contributed by atoms with van der Waals surface area (Å²) in [4.78, 5) is 29.8. The summed E-state index contributed by atoms with van der Waals surface area (Å²) >= 11 is 8.09. The first-order chi connectivity index (χ1) is 17.6. The fourth-order valence-corrected chi connectivity index (χ4v) is 6.04. The number of carbonyl (C=O) groups is 1. The summed E-state index contributed by atoms with van der Waals surface area (Å²) in [6.45, 7) is 12.3. The summed E-state index contributed by atoms with van der Waals surface area (Å²) in [7, 11) is 0. The molecule has 1 amide bonds. The van der Waals surface area contributed by atoms with Crippen LogP contribution >= 0.6 is 60.2 Å². The van der Waals surface area contributed by atoms with Gasteiger partial charge in [0, 0.05) is 56.1 Å². The van der Waals surface area contributed by atoms with Crippen LogP contribution in [0.5, 0.6) is 0 Å². The van der Waals surface area contributed by atoms with Gasteiger partial charge >= 0.3 is 0 Å². The van der Waals surface area contributed by atoms with Gasteiger partial charge < -0.3 is 24.8 Å². The highest BCUT2D eigenvalue weighted by atomic mass is 35.5.